The highest BCUT2D eigenvalue weighted by atomic mass is 16.5. The molecular weight excluding hydrogens is 254 g/mol. The van der Waals surface area contributed by atoms with Gasteiger partial charge in [-0.2, -0.15) is 0 Å². The number of aryl methyl sites for hydroxylation is 1. The number of aliphatic hydroxyl groups excluding tert-OH is 1. The van der Waals surface area contributed by atoms with Crippen LogP contribution in [0.25, 0.3) is 0 Å². The number of nitrogens with one attached hydrogen (secondary N) is 1. The number of nitrogens with zero attached hydrogens (tertiary/aromatic N) is 2. The van der Waals surface area contributed by atoms with Gasteiger partial charge in [-0.25, -0.2) is 9.97 Å². The van der Waals surface area contributed by atoms with E-state index in [9.17, 15) is 5.11 Å². The molecule has 0 bridgehead atoms. The maximum atomic E-state index is 10.0. The number of hydrogen-bond acceptors (Lipinski definition) is 5. The lowest BCUT2D eigenvalue weighted by molar-refractivity contribution is 0.180. The zero-order valence-corrected chi connectivity index (χ0v) is 11.3. The van der Waals surface area contributed by atoms with E-state index in [1.807, 2.05) is 31.2 Å². The molecule has 0 spiro atoms. The summed E-state index contributed by atoms with van der Waals surface area (Å²) in [6.07, 6.45) is 2.58. The number of benzene rings is 1. The van der Waals surface area contributed by atoms with Crippen LogP contribution in [0.15, 0.2) is 30.6 Å². The maximum absolute atomic E-state index is 10.0. The molecule has 1 aromatic heterocycles. The Bertz CT molecular complexity index is 599. The predicted octanol–water partition coefficient (Wildman–Crippen LogP) is 2.60. The zero-order valence-electron chi connectivity index (χ0n) is 11.3. The molecule has 2 N–H and O–H groups in total. The van der Waals surface area contributed by atoms with Gasteiger partial charge in [-0.1, -0.05) is 0 Å². The molecule has 5 nitrogen and oxygen atoms in total. The summed E-state index contributed by atoms with van der Waals surface area (Å²) in [6, 6.07) is 7.68. The average Bonchev–Trinajstić information content (AvgIpc) is 2.84. The summed E-state index contributed by atoms with van der Waals surface area (Å²) in [7, 11) is 0. The number of aliphatic hydroxyl groups is 1. The first-order chi connectivity index (χ1) is 9.78. The Balaban J connectivity index is 1.83. The second-order valence-electron chi connectivity index (χ2n) is 4.72. The Hall–Kier alpha value is -2.14. The second-order valence-corrected chi connectivity index (χ2v) is 4.72. The summed E-state index contributed by atoms with van der Waals surface area (Å²) >= 11 is 0. The number of fused-ring (bicyclic) bond motifs is 1. The highest BCUT2D eigenvalue weighted by Crippen LogP contribution is 2.35. The van der Waals surface area contributed by atoms with Crippen molar-refractivity contribution in [2.75, 3.05) is 11.9 Å². The second kappa shape index (κ2) is 5.46. The summed E-state index contributed by atoms with van der Waals surface area (Å²) in [6.45, 7) is 2.61. The minimum atomic E-state index is -0.476. The first-order valence-electron chi connectivity index (χ1n) is 6.79. The van der Waals surface area contributed by atoms with Crippen LogP contribution in [-0.4, -0.2) is 21.7 Å². The summed E-state index contributed by atoms with van der Waals surface area (Å²) in [4.78, 5) is 8.46. The molecule has 1 unspecified atom stereocenters. The fraction of sp³-hybridized carbons (Fsp3) is 0.333. The van der Waals surface area contributed by atoms with Crippen molar-refractivity contribution in [3.8, 4) is 5.75 Å². The van der Waals surface area contributed by atoms with Crippen LogP contribution >= 0.6 is 0 Å². The molecule has 0 amide bonds. The van der Waals surface area contributed by atoms with Gasteiger partial charge in [0.25, 0.3) is 0 Å². The van der Waals surface area contributed by atoms with Crippen molar-refractivity contribution < 1.29 is 9.84 Å². The molecule has 1 heterocycles. The van der Waals surface area contributed by atoms with Gasteiger partial charge >= 0.3 is 0 Å². The minimum absolute atomic E-state index is 0.476. The van der Waals surface area contributed by atoms with Crippen molar-refractivity contribution >= 4 is 11.5 Å². The van der Waals surface area contributed by atoms with Crippen LogP contribution in [0.4, 0.5) is 11.5 Å². The Morgan fingerprint density at radius 3 is 2.85 bits per heavy atom. The van der Waals surface area contributed by atoms with E-state index >= 15 is 0 Å². The third-order valence-corrected chi connectivity index (χ3v) is 3.38. The number of ether oxygens (including phenoxy) is 1. The van der Waals surface area contributed by atoms with Crippen molar-refractivity contribution in [2.45, 2.75) is 25.9 Å². The summed E-state index contributed by atoms with van der Waals surface area (Å²) in [5.41, 5.74) is 2.66. The van der Waals surface area contributed by atoms with Crippen LogP contribution in [0.1, 0.15) is 30.7 Å². The number of anilines is 2. The van der Waals surface area contributed by atoms with E-state index < -0.39 is 6.10 Å². The summed E-state index contributed by atoms with van der Waals surface area (Å²) in [5.74, 6) is 1.52. The van der Waals surface area contributed by atoms with E-state index in [1.54, 1.807) is 0 Å². The van der Waals surface area contributed by atoms with Gasteiger partial charge in [-0.3, -0.25) is 0 Å². The van der Waals surface area contributed by atoms with Crippen molar-refractivity contribution in [3.05, 3.63) is 41.9 Å². The molecule has 2 aromatic rings. The van der Waals surface area contributed by atoms with E-state index in [-0.39, 0.29) is 0 Å². The van der Waals surface area contributed by atoms with Gasteiger partial charge in [0.15, 0.2) is 0 Å². The van der Waals surface area contributed by atoms with Gasteiger partial charge in [0.05, 0.1) is 18.4 Å². The normalized spacial score (nSPS) is 16.8. The van der Waals surface area contributed by atoms with Gasteiger partial charge in [-0.15, -0.1) is 0 Å². The number of aromatic nitrogens is 2. The molecule has 1 atom stereocenters. The van der Waals surface area contributed by atoms with Crippen LogP contribution in [-0.2, 0) is 6.42 Å². The van der Waals surface area contributed by atoms with Crippen LogP contribution in [0, 0.1) is 0 Å². The SMILES string of the molecule is CCOc1ccc(Nc2ncnc3c2C(O)CC3)cc1. The molecule has 20 heavy (non-hydrogen) atoms. The Morgan fingerprint density at radius 1 is 1.30 bits per heavy atom. The van der Waals surface area contributed by atoms with Gasteiger partial charge in [0, 0.05) is 11.3 Å². The first-order valence-corrected chi connectivity index (χ1v) is 6.79. The maximum Gasteiger partial charge on any atom is 0.139 e. The molecule has 104 valence electrons. The molecule has 0 aliphatic heterocycles. The van der Waals surface area contributed by atoms with E-state index in [2.05, 4.69) is 15.3 Å². The highest BCUT2D eigenvalue weighted by Gasteiger charge is 2.25. The topological polar surface area (TPSA) is 67.3 Å². The van der Waals surface area contributed by atoms with Crippen molar-refractivity contribution in [1.29, 1.82) is 0 Å². The van der Waals surface area contributed by atoms with Crippen LogP contribution < -0.4 is 10.1 Å². The molecule has 5 heteroatoms. The Morgan fingerprint density at radius 2 is 2.10 bits per heavy atom. The lowest BCUT2D eigenvalue weighted by Crippen LogP contribution is -2.03. The molecule has 0 fully saturated rings. The molecule has 0 saturated carbocycles. The fourth-order valence-electron chi connectivity index (χ4n) is 2.44. The molecule has 1 aliphatic rings. The molecule has 3 rings (SSSR count). The minimum Gasteiger partial charge on any atom is -0.494 e. The fourth-order valence-corrected chi connectivity index (χ4v) is 2.44. The average molecular weight is 271 g/mol. The van der Waals surface area contributed by atoms with E-state index in [1.165, 1.54) is 6.33 Å². The molecule has 1 aliphatic carbocycles. The monoisotopic (exact) mass is 271 g/mol. The highest BCUT2D eigenvalue weighted by molar-refractivity contribution is 5.61. The Labute approximate surface area is 117 Å². The largest absolute Gasteiger partial charge is 0.494 e. The van der Waals surface area contributed by atoms with Crippen LogP contribution in [0.5, 0.6) is 5.75 Å². The van der Waals surface area contributed by atoms with Gasteiger partial charge in [0.2, 0.25) is 0 Å². The molecular formula is C15H17N3O2. The third kappa shape index (κ3) is 2.44. The van der Waals surface area contributed by atoms with Crippen molar-refractivity contribution in [3.63, 3.8) is 0 Å². The van der Waals surface area contributed by atoms with Crippen LogP contribution in [0.3, 0.4) is 0 Å². The van der Waals surface area contributed by atoms with E-state index in [0.29, 0.717) is 18.8 Å². The lowest BCUT2D eigenvalue weighted by Gasteiger charge is -2.12. The van der Waals surface area contributed by atoms with Gasteiger partial charge < -0.3 is 15.2 Å². The van der Waals surface area contributed by atoms with Gasteiger partial charge in [-0.05, 0) is 44.0 Å². The lowest BCUT2D eigenvalue weighted by atomic mass is 10.2. The first kappa shape index (κ1) is 12.9. The third-order valence-electron chi connectivity index (χ3n) is 3.38. The van der Waals surface area contributed by atoms with E-state index in [4.69, 9.17) is 4.74 Å². The predicted molar refractivity (Wildman–Crippen MR) is 76.2 cm³/mol. The zero-order chi connectivity index (χ0) is 13.9. The standard InChI is InChI=1S/C15H17N3O2/c1-2-20-11-5-3-10(4-6-11)18-15-14-12(16-9-17-15)7-8-13(14)19/h3-6,9,13,19H,2,7-8H2,1H3,(H,16,17,18). The summed E-state index contributed by atoms with van der Waals surface area (Å²) < 4.78 is 5.41. The molecule has 0 saturated heterocycles. The number of rotatable bonds is 4. The van der Waals surface area contributed by atoms with Crippen molar-refractivity contribution in [1.82, 2.24) is 9.97 Å². The summed E-state index contributed by atoms with van der Waals surface area (Å²) in [5, 5.41) is 13.3. The van der Waals surface area contributed by atoms with Gasteiger partial charge in [0.1, 0.15) is 17.9 Å². The quantitative estimate of drug-likeness (QED) is 0.894. The van der Waals surface area contributed by atoms with Crippen LogP contribution in [0.2, 0.25) is 0 Å². The molecule has 0 radical (unpaired) electrons. The molecule has 1 aromatic carbocycles. The smallest absolute Gasteiger partial charge is 0.139 e. The van der Waals surface area contributed by atoms with Crippen molar-refractivity contribution in [2.24, 2.45) is 0 Å². The number of hydrogen-bond donors (Lipinski definition) is 2. The van der Waals surface area contributed by atoms with E-state index in [0.717, 1.165) is 29.1 Å². The Kier molecular flexibility index (Phi) is 3.52.